The molecule has 0 saturated carbocycles. The highest BCUT2D eigenvalue weighted by Crippen LogP contribution is 2.15. The van der Waals surface area contributed by atoms with Crippen molar-refractivity contribution in [1.82, 2.24) is 0 Å². The van der Waals surface area contributed by atoms with Gasteiger partial charge in [-0.25, -0.2) is 0 Å². The summed E-state index contributed by atoms with van der Waals surface area (Å²) in [4.78, 5) is 1.80. The summed E-state index contributed by atoms with van der Waals surface area (Å²) in [6.45, 7) is 2.50. The molecule has 0 bridgehead atoms. The maximum atomic E-state index is 11.0. The fraction of sp³-hybridized carbons (Fsp3) is 0.538. The van der Waals surface area contributed by atoms with Crippen LogP contribution in [0.2, 0.25) is 0 Å². The van der Waals surface area contributed by atoms with Crippen LogP contribution in [-0.2, 0) is 28.6 Å². The third-order valence-corrected chi connectivity index (χ3v) is 3.91. The molecule has 1 aromatic carbocycles. The summed E-state index contributed by atoms with van der Waals surface area (Å²) in [5.74, 6) is 0. The van der Waals surface area contributed by atoms with E-state index in [4.69, 9.17) is 8.37 Å². The Balaban J connectivity index is 2.69. The van der Waals surface area contributed by atoms with E-state index in [-0.39, 0.29) is 13.2 Å². The highest BCUT2D eigenvalue weighted by Gasteiger charge is 2.10. The zero-order valence-corrected chi connectivity index (χ0v) is 14.5. The topological polar surface area (TPSA) is 90.0 Å². The molecule has 0 aliphatic heterocycles. The van der Waals surface area contributed by atoms with Gasteiger partial charge in [-0.05, 0) is 19.1 Å². The van der Waals surface area contributed by atoms with Crippen LogP contribution in [-0.4, -0.2) is 55.7 Å². The SMILES string of the molecule is Cc1ccc(N(CCOS(C)(=O)=O)CCOS(C)(=O)=O)cc1. The number of nitrogens with zero attached hydrogens (tertiary/aromatic N) is 1. The minimum absolute atomic E-state index is 0.0222. The van der Waals surface area contributed by atoms with Crippen LogP contribution in [0, 0.1) is 6.92 Å². The first-order valence-electron chi connectivity index (χ1n) is 6.57. The van der Waals surface area contributed by atoms with Gasteiger partial charge in [-0.2, -0.15) is 16.8 Å². The van der Waals surface area contributed by atoms with E-state index in [2.05, 4.69) is 0 Å². The third-order valence-electron chi connectivity index (χ3n) is 2.72. The van der Waals surface area contributed by atoms with Crippen LogP contribution in [0.15, 0.2) is 24.3 Å². The highest BCUT2D eigenvalue weighted by atomic mass is 32.2. The number of hydrogen-bond donors (Lipinski definition) is 0. The lowest BCUT2D eigenvalue weighted by molar-refractivity contribution is 0.309. The van der Waals surface area contributed by atoms with Crippen molar-refractivity contribution in [2.24, 2.45) is 0 Å². The van der Waals surface area contributed by atoms with Crippen molar-refractivity contribution in [2.45, 2.75) is 6.92 Å². The van der Waals surface area contributed by atoms with Gasteiger partial charge in [0.05, 0.1) is 25.7 Å². The fourth-order valence-electron chi connectivity index (χ4n) is 1.72. The smallest absolute Gasteiger partial charge is 0.264 e. The minimum atomic E-state index is -3.51. The monoisotopic (exact) mass is 351 g/mol. The van der Waals surface area contributed by atoms with Gasteiger partial charge in [0, 0.05) is 18.8 Å². The Morgan fingerprint density at radius 3 is 1.64 bits per heavy atom. The summed E-state index contributed by atoms with van der Waals surface area (Å²) in [5, 5.41) is 0. The summed E-state index contributed by atoms with van der Waals surface area (Å²) in [6.07, 6.45) is 1.96. The lowest BCUT2D eigenvalue weighted by atomic mass is 10.2. The molecule has 126 valence electrons. The van der Waals surface area contributed by atoms with Crippen molar-refractivity contribution in [3.63, 3.8) is 0 Å². The Morgan fingerprint density at radius 2 is 1.27 bits per heavy atom. The summed E-state index contributed by atoms with van der Waals surface area (Å²) >= 11 is 0. The Morgan fingerprint density at radius 1 is 0.864 bits per heavy atom. The Kier molecular flexibility index (Phi) is 6.79. The van der Waals surface area contributed by atoms with Crippen LogP contribution in [0.25, 0.3) is 0 Å². The molecule has 0 spiro atoms. The Labute approximate surface area is 132 Å². The first kappa shape index (κ1) is 18.9. The molecule has 0 radical (unpaired) electrons. The molecular weight excluding hydrogens is 330 g/mol. The van der Waals surface area contributed by atoms with E-state index >= 15 is 0 Å². The number of anilines is 1. The van der Waals surface area contributed by atoms with E-state index in [1.165, 1.54) is 0 Å². The van der Waals surface area contributed by atoms with Crippen molar-refractivity contribution < 1.29 is 25.2 Å². The Hall–Kier alpha value is -1.16. The number of hydrogen-bond acceptors (Lipinski definition) is 7. The van der Waals surface area contributed by atoms with Crippen LogP contribution < -0.4 is 4.90 Å². The Bertz CT molecular complexity index is 629. The second kappa shape index (κ2) is 7.91. The van der Waals surface area contributed by atoms with E-state index in [9.17, 15) is 16.8 Å². The molecule has 0 amide bonds. The van der Waals surface area contributed by atoms with Crippen LogP contribution in [0.1, 0.15) is 5.56 Å². The number of aryl methyl sites for hydroxylation is 1. The maximum Gasteiger partial charge on any atom is 0.264 e. The summed E-state index contributed by atoms with van der Waals surface area (Å²) in [6, 6.07) is 7.57. The first-order valence-corrected chi connectivity index (χ1v) is 10.2. The fourth-order valence-corrected chi connectivity index (χ4v) is 2.48. The molecule has 7 nitrogen and oxygen atoms in total. The lowest BCUT2D eigenvalue weighted by Crippen LogP contribution is -2.32. The number of rotatable bonds is 9. The zero-order valence-electron chi connectivity index (χ0n) is 12.9. The quantitative estimate of drug-likeness (QED) is 0.607. The van der Waals surface area contributed by atoms with Gasteiger partial charge in [-0.15, -0.1) is 0 Å². The van der Waals surface area contributed by atoms with Gasteiger partial charge in [0.25, 0.3) is 20.2 Å². The highest BCUT2D eigenvalue weighted by molar-refractivity contribution is 7.86. The molecule has 0 N–H and O–H groups in total. The van der Waals surface area contributed by atoms with E-state index in [1.807, 2.05) is 31.2 Å². The second-order valence-corrected chi connectivity index (χ2v) is 8.16. The average Bonchev–Trinajstić information content (AvgIpc) is 2.35. The van der Waals surface area contributed by atoms with E-state index in [0.717, 1.165) is 23.8 Å². The molecule has 0 aliphatic rings. The largest absolute Gasteiger partial charge is 0.367 e. The van der Waals surface area contributed by atoms with Crippen molar-refractivity contribution in [1.29, 1.82) is 0 Å². The van der Waals surface area contributed by atoms with Crippen LogP contribution in [0.3, 0.4) is 0 Å². The zero-order chi connectivity index (χ0) is 16.8. The predicted molar refractivity (Wildman–Crippen MR) is 85.0 cm³/mol. The summed E-state index contributed by atoms with van der Waals surface area (Å²) in [7, 11) is -7.01. The molecule has 0 saturated heterocycles. The molecule has 0 aromatic heterocycles. The van der Waals surface area contributed by atoms with Gasteiger partial charge >= 0.3 is 0 Å². The van der Waals surface area contributed by atoms with Gasteiger partial charge < -0.3 is 4.90 Å². The van der Waals surface area contributed by atoms with Gasteiger partial charge in [-0.3, -0.25) is 8.37 Å². The van der Waals surface area contributed by atoms with E-state index in [1.54, 1.807) is 4.90 Å². The first-order chi connectivity index (χ1) is 10.1. The van der Waals surface area contributed by atoms with Crippen LogP contribution in [0.5, 0.6) is 0 Å². The standard InChI is InChI=1S/C13H21NO6S2/c1-12-4-6-13(7-5-12)14(8-10-19-21(2,15)16)9-11-20-22(3,17)18/h4-7H,8-11H2,1-3H3. The van der Waals surface area contributed by atoms with Gasteiger partial charge in [0.2, 0.25) is 0 Å². The predicted octanol–water partition coefficient (Wildman–Crippen LogP) is 0.754. The summed E-state index contributed by atoms with van der Waals surface area (Å²) < 4.78 is 53.4. The molecule has 0 atom stereocenters. The number of benzene rings is 1. The maximum absolute atomic E-state index is 11.0. The van der Waals surface area contributed by atoms with Gasteiger partial charge in [-0.1, -0.05) is 17.7 Å². The molecule has 0 heterocycles. The minimum Gasteiger partial charge on any atom is -0.367 e. The third kappa shape index (κ3) is 8.32. The molecule has 1 aromatic rings. The van der Waals surface area contributed by atoms with Crippen molar-refractivity contribution >= 4 is 25.9 Å². The van der Waals surface area contributed by atoms with Crippen LogP contribution >= 0.6 is 0 Å². The normalized spacial score (nSPS) is 12.3. The van der Waals surface area contributed by atoms with Crippen molar-refractivity contribution in [3.8, 4) is 0 Å². The molecule has 1 rings (SSSR count). The lowest BCUT2D eigenvalue weighted by Gasteiger charge is -2.24. The van der Waals surface area contributed by atoms with E-state index in [0.29, 0.717) is 13.1 Å². The molecule has 0 fully saturated rings. The van der Waals surface area contributed by atoms with Crippen LogP contribution in [0.4, 0.5) is 5.69 Å². The van der Waals surface area contributed by atoms with Gasteiger partial charge in [0.1, 0.15) is 0 Å². The average molecular weight is 351 g/mol. The molecule has 0 aliphatic carbocycles. The molecular formula is C13H21NO6S2. The van der Waals surface area contributed by atoms with Gasteiger partial charge in [0.15, 0.2) is 0 Å². The second-order valence-electron chi connectivity index (χ2n) is 4.87. The molecule has 9 heteroatoms. The molecule has 22 heavy (non-hydrogen) atoms. The molecule has 0 unspecified atom stereocenters. The van der Waals surface area contributed by atoms with E-state index < -0.39 is 20.2 Å². The van der Waals surface area contributed by atoms with Crippen molar-refractivity contribution in [2.75, 3.05) is 43.7 Å². The van der Waals surface area contributed by atoms with Crippen molar-refractivity contribution in [3.05, 3.63) is 29.8 Å². The summed E-state index contributed by atoms with van der Waals surface area (Å²) in [5.41, 5.74) is 1.92.